The average molecular weight is 396 g/mol. The maximum Gasteiger partial charge on any atom is 0.243 e. The SMILES string of the molecule is CCC(=O)Nc1ccc(NC(=O)CNc2cccc(CCC(=O)N(C)C)c2)cc1. The van der Waals surface area contributed by atoms with Crippen molar-refractivity contribution in [3.63, 3.8) is 0 Å². The predicted molar refractivity (Wildman–Crippen MR) is 116 cm³/mol. The van der Waals surface area contributed by atoms with Gasteiger partial charge in [0.05, 0.1) is 6.54 Å². The summed E-state index contributed by atoms with van der Waals surface area (Å²) in [5.41, 5.74) is 3.21. The molecule has 2 aromatic carbocycles. The molecule has 0 atom stereocenters. The first-order chi connectivity index (χ1) is 13.9. The first kappa shape index (κ1) is 21.9. The lowest BCUT2D eigenvalue weighted by atomic mass is 10.1. The first-order valence-electron chi connectivity index (χ1n) is 9.60. The lowest BCUT2D eigenvalue weighted by Crippen LogP contribution is -2.22. The van der Waals surface area contributed by atoms with Gasteiger partial charge in [-0.15, -0.1) is 0 Å². The summed E-state index contributed by atoms with van der Waals surface area (Å²) < 4.78 is 0. The van der Waals surface area contributed by atoms with Crippen molar-refractivity contribution in [2.24, 2.45) is 0 Å². The van der Waals surface area contributed by atoms with E-state index in [1.54, 1.807) is 50.2 Å². The van der Waals surface area contributed by atoms with Crippen LogP contribution in [0.1, 0.15) is 25.3 Å². The molecule has 2 rings (SSSR count). The zero-order valence-corrected chi connectivity index (χ0v) is 17.1. The summed E-state index contributed by atoms with van der Waals surface area (Å²) in [5, 5.41) is 8.67. The number of nitrogens with zero attached hydrogens (tertiary/aromatic N) is 1. The van der Waals surface area contributed by atoms with Gasteiger partial charge in [0.2, 0.25) is 17.7 Å². The number of hydrogen-bond acceptors (Lipinski definition) is 4. The molecule has 0 bridgehead atoms. The van der Waals surface area contributed by atoms with E-state index in [0.29, 0.717) is 30.6 Å². The van der Waals surface area contributed by atoms with Crippen molar-refractivity contribution in [1.29, 1.82) is 0 Å². The Kier molecular flexibility index (Phi) is 8.21. The highest BCUT2D eigenvalue weighted by molar-refractivity contribution is 5.94. The minimum Gasteiger partial charge on any atom is -0.376 e. The summed E-state index contributed by atoms with van der Waals surface area (Å²) in [7, 11) is 3.49. The van der Waals surface area contributed by atoms with Gasteiger partial charge in [-0.1, -0.05) is 19.1 Å². The molecule has 7 heteroatoms. The van der Waals surface area contributed by atoms with Crippen molar-refractivity contribution in [2.75, 3.05) is 36.6 Å². The van der Waals surface area contributed by atoms with Gasteiger partial charge in [-0.2, -0.15) is 0 Å². The number of amides is 3. The van der Waals surface area contributed by atoms with Gasteiger partial charge in [-0.05, 0) is 48.4 Å². The molecule has 0 aromatic heterocycles. The minimum absolute atomic E-state index is 0.0562. The van der Waals surface area contributed by atoms with Crippen LogP contribution in [0.25, 0.3) is 0 Å². The molecule has 154 valence electrons. The van der Waals surface area contributed by atoms with Gasteiger partial charge in [-0.3, -0.25) is 14.4 Å². The molecule has 0 aliphatic heterocycles. The van der Waals surface area contributed by atoms with Gasteiger partial charge >= 0.3 is 0 Å². The first-order valence-corrected chi connectivity index (χ1v) is 9.60. The number of nitrogens with one attached hydrogen (secondary N) is 3. The third-order valence-corrected chi connectivity index (χ3v) is 4.28. The second-order valence-corrected chi connectivity index (χ2v) is 6.87. The Hall–Kier alpha value is -3.35. The quantitative estimate of drug-likeness (QED) is 0.607. The Morgan fingerprint density at radius 2 is 1.48 bits per heavy atom. The van der Waals surface area contributed by atoms with Gasteiger partial charge in [0.1, 0.15) is 0 Å². The highest BCUT2D eigenvalue weighted by Crippen LogP contribution is 2.15. The van der Waals surface area contributed by atoms with Crippen LogP contribution in [0.15, 0.2) is 48.5 Å². The van der Waals surface area contributed by atoms with Gasteiger partial charge in [0.15, 0.2) is 0 Å². The molecule has 0 aliphatic rings. The number of carbonyl (C=O) groups is 3. The topological polar surface area (TPSA) is 90.5 Å². The second-order valence-electron chi connectivity index (χ2n) is 6.87. The summed E-state index contributed by atoms with van der Waals surface area (Å²) in [4.78, 5) is 36.9. The molecule has 0 fully saturated rings. The normalized spacial score (nSPS) is 10.2. The highest BCUT2D eigenvalue weighted by Gasteiger charge is 2.06. The average Bonchev–Trinajstić information content (AvgIpc) is 2.72. The monoisotopic (exact) mass is 396 g/mol. The highest BCUT2D eigenvalue weighted by atomic mass is 16.2. The predicted octanol–water partition coefficient (Wildman–Crippen LogP) is 3.11. The molecule has 29 heavy (non-hydrogen) atoms. The summed E-state index contributed by atoms with van der Waals surface area (Å²) in [6, 6.07) is 14.7. The summed E-state index contributed by atoms with van der Waals surface area (Å²) in [5.74, 6) is -0.147. The zero-order valence-electron chi connectivity index (χ0n) is 17.1. The maximum absolute atomic E-state index is 12.2. The van der Waals surface area contributed by atoms with Crippen molar-refractivity contribution in [3.8, 4) is 0 Å². The van der Waals surface area contributed by atoms with Crippen LogP contribution in [0.4, 0.5) is 17.1 Å². The van der Waals surface area contributed by atoms with E-state index in [2.05, 4.69) is 16.0 Å². The molecule has 3 amide bonds. The van der Waals surface area contributed by atoms with E-state index in [9.17, 15) is 14.4 Å². The molecule has 0 saturated carbocycles. The van der Waals surface area contributed by atoms with E-state index >= 15 is 0 Å². The fourth-order valence-electron chi connectivity index (χ4n) is 2.59. The number of hydrogen-bond donors (Lipinski definition) is 3. The Morgan fingerprint density at radius 1 is 0.862 bits per heavy atom. The van der Waals surface area contributed by atoms with E-state index in [1.165, 1.54) is 0 Å². The Bertz CT molecular complexity index is 847. The molecular formula is C22H28N4O3. The van der Waals surface area contributed by atoms with Crippen LogP contribution in [0.3, 0.4) is 0 Å². The van der Waals surface area contributed by atoms with Gasteiger partial charge in [-0.25, -0.2) is 0 Å². The van der Waals surface area contributed by atoms with Crippen molar-refractivity contribution < 1.29 is 14.4 Å². The Morgan fingerprint density at radius 3 is 2.07 bits per heavy atom. The molecule has 0 heterocycles. The minimum atomic E-state index is -0.177. The summed E-state index contributed by atoms with van der Waals surface area (Å²) in [6.45, 7) is 1.91. The fraction of sp³-hybridized carbons (Fsp3) is 0.318. The smallest absolute Gasteiger partial charge is 0.243 e. The number of rotatable bonds is 9. The molecule has 7 nitrogen and oxygen atoms in total. The van der Waals surface area contributed by atoms with Crippen LogP contribution < -0.4 is 16.0 Å². The largest absolute Gasteiger partial charge is 0.376 e. The van der Waals surface area contributed by atoms with Crippen LogP contribution >= 0.6 is 0 Å². The molecule has 0 aliphatic carbocycles. The van der Waals surface area contributed by atoms with Crippen molar-refractivity contribution >= 4 is 34.8 Å². The van der Waals surface area contributed by atoms with Crippen molar-refractivity contribution in [1.82, 2.24) is 4.90 Å². The molecule has 2 aromatic rings. The number of benzene rings is 2. The van der Waals surface area contributed by atoms with Crippen LogP contribution in [-0.4, -0.2) is 43.3 Å². The van der Waals surface area contributed by atoms with E-state index in [0.717, 1.165) is 11.3 Å². The van der Waals surface area contributed by atoms with E-state index in [1.807, 2.05) is 24.3 Å². The van der Waals surface area contributed by atoms with Gasteiger partial charge < -0.3 is 20.9 Å². The molecule has 0 spiro atoms. The molecular weight excluding hydrogens is 368 g/mol. The van der Waals surface area contributed by atoms with E-state index < -0.39 is 0 Å². The molecule has 0 unspecified atom stereocenters. The standard InChI is InChI=1S/C22H28N4O3/c1-4-20(27)24-17-9-11-18(12-10-17)25-21(28)15-23-19-7-5-6-16(14-19)8-13-22(29)26(2)3/h5-7,9-12,14,23H,4,8,13,15H2,1-3H3,(H,24,27)(H,25,28). The third-order valence-electron chi connectivity index (χ3n) is 4.28. The third kappa shape index (κ3) is 7.65. The van der Waals surface area contributed by atoms with Gasteiger partial charge in [0.25, 0.3) is 0 Å². The number of aryl methyl sites for hydroxylation is 1. The van der Waals surface area contributed by atoms with Crippen LogP contribution in [0, 0.1) is 0 Å². The van der Waals surface area contributed by atoms with Crippen LogP contribution in [0.2, 0.25) is 0 Å². The fourth-order valence-corrected chi connectivity index (χ4v) is 2.59. The molecule has 3 N–H and O–H groups in total. The Labute approximate surface area is 171 Å². The maximum atomic E-state index is 12.2. The van der Waals surface area contributed by atoms with Crippen LogP contribution in [-0.2, 0) is 20.8 Å². The van der Waals surface area contributed by atoms with Crippen molar-refractivity contribution in [3.05, 3.63) is 54.1 Å². The van der Waals surface area contributed by atoms with Crippen LogP contribution in [0.5, 0.6) is 0 Å². The molecule has 0 saturated heterocycles. The zero-order chi connectivity index (χ0) is 21.2. The van der Waals surface area contributed by atoms with Crippen molar-refractivity contribution in [2.45, 2.75) is 26.2 Å². The molecule has 0 radical (unpaired) electrons. The second kappa shape index (κ2) is 10.8. The lowest BCUT2D eigenvalue weighted by molar-refractivity contribution is -0.128. The van der Waals surface area contributed by atoms with E-state index in [4.69, 9.17) is 0 Å². The number of anilines is 3. The van der Waals surface area contributed by atoms with Gasteiger partial charge in [0, 0.05) is 44.0 Å². The number of carbonyl (C=O) groups excluding carboxylic acids is 3. The lowest BCUT2D eigenvalue weighted by Gasteiger charge is -2.11. The summed E-state index contributed by atoms with van der Waals surface area (Å²) in [6.07, 6.45) is 1.52. The Balaban J connectivity index is 1.82. The van der Waals surface area contributed by atoms with E-state index in [-0.39, 0.29) is 24.3 Å². The summed E-state index contributed by atoms with van der Waals surface area (Å²) >= 11 is 0.